The summed E-state index contributed by atoms with van der Waals surface area (Å²) in [6.07, 6.45) is 3.97. The quantitative estimate of drug-likeness (QED) is 0.828. The Bertz CT molecular complexity index is 292. The number of benzene rings is 1. The van der Waals surface area contributed by atoms with E-state index in [4.69, 9.17) is 0 Å². The number of hydrogen-bond donors (Lipinski definition) is 1. The van der Waals surface area contributed by atoms with E-state index in [1.54, 1.807) is 0 Å². The highest BCUT2D eigenvalue weighted by Gasteiger charge is 2.14. The van der Waals surface area contributed by atoms with Crippen molar-refractivity contribution in [2.24, 2.45) is 5.92 Å². The van der Waals surface area contributed by atoms with Crippen LogP contribution < -0.4 is 5.32 Å². The molecule has 1 aliphatic heterocycles. The Morgan fingerprint density at radius 3 is 2.93 bits per heavy atom. The summed E-state index contributed by atoms with van der Waals surface area (Å²) in [4.78, 5) is 0. The number of halogens is 1. The molecule has 1 atom stereocenters. The molecule has 2 rings (SSSR count). The highest BCUT2D eigenvalue weighted by molar-refractivity contribution is 14.1. The zero-order valence-electron chi connectivity index (χ0n) is 8.30. The summed E-state index contributed by atoms with van der Waals surface area (Å²) in [6, 6.07) is 8.72. The summed E-state index contributed by atoms with van der Waals surface area (Å²) in [5.41, 5.74) is 1.52. The van der Waals surface area contributed by atoms with Gasteiger partial charge in [0.25, 0.3) is 0 Å². The molecular weight excluding hydrogens is 285 g/mol. The van der Waals surface area contributed by atoms with Crippen molar-refractivity contribution in [2.45, 2.75) is 19.3 Å². The molecule has 0 spiro atoms. The number of nitrogens with one attached hydrogen (secondary N) is 1. The Labute approximate surface area is 99.4 Å². The molecule has 1 heterocycles. The normalized spacial score (nSPS) is 22.2. The van der Waals surface area contributed by atoms with Crippen LogP contribution in [0.3, 0.4) is 0 Å². The van der Waals surface area contributed by atoms with Gasteiger partial charge in [-0.3, -0.25) is 0 Å². The lowest BCUT2D eigenvalue weighted by Gasteiger charge is -2.23. The lowest BCUT2D eigenvalue weighted by molar-refractivity contribution is 0.375. The Balaban J connectivity index is 1.99. The van der Waals surface area contributed by atoms with Crippen LogP contribution in [0.1, 0.15) is 18.4 Å². The Hall–Kier alpha value is -0.0900. The van der Waals surface area contributed by atoms with E-state index < -0.39 is 0 Å². The van der Waals surface area contributed by atoms with Crippen molar-refractivity contribution in [1.82, 2.24) is 5.32 Å². The van der Waals surface area contributed by atoms with Gasteiger partial charge in [-0.05, 0) is 72.5 Å². The third kappa shape index (κ3) is 2.70. The molecule has 0 bridgehead atoms. The maximum atomic E-state index is 3.47. The Morgan fingerprint density at radius 2 is 2.21 bits per heavy atom. The van der Waals surface area contributed by atoms with Crippen molar-refractivity contribution in [3.05, 3.63) is 33.4 Å². The summed E-state index contributed by atoms with van der Waals surface area (Å²) in [7, 11) is 0. The minimum absolute atomic E-state index is 0.847. The second-order valence-corrected chi connectivity index (χ2v) is 5.17. The SMILES string of the molecule is Ic1ccccc1C[C@H]1CCCNC1. The van der Waals surface area contributed by atoms with E-state index in [1.807, 2.05) is 0 Å². The molecule has 0 unspecified atom stereocenters. The summed E-state index contributed by atoms with van der Waals surface area (Å²) in [5.74, 6) is 0.847. The van der Waals surface area contributed by atoms with Crippen LogP contribution in [0.25, 0.3) is 0 Å². The third-order valence-electron chi connectivity index (χ3n) is 2.87. The van der Waals surface area contributed by atoms with Crippen molar-refractivity contribution < 1.29 is 0 Å². The van der Waals surface area contributed by atoms with Crippen LogP contribution in [0.2, 0.25) is 0 Å². The highest BCUT2D eigenvalue weighted by atomic mass is 127. The van der Waals surface area contributed by atoms with Gasteiger partial charge in [0, 0.05) is 3.57 Å². The first-order chi connectivity index (χ1) is 6.86. The van der Waals surface area contributed by atoms with Gasteiger partial charge >= 0.3 is 0 Å². The van der Waals surface area contributed by atoms with Crippen LogP contribution in [0.15, 0.2) is 24.3 Å². The van der Waals surface area contributed by atoms with Crippen molar-refractivity contribution >= 4 is 22.6 Å². The number of hydrogen-bond acceptors (Lipinski definition) is 1. The maximum absolute atomic E-state index is 3.47. The van der Waals surface area contributed by atoms with Gasteiger partial charge in [-0.15, -0.1) is 0 Å². The first-order valence-electron chi connectivity index (χ1n) is 5.30. The molecule has 0 radical (unpaired) electrons. The predicted octanol–water partition coefficient (Wildman–Crippen LogP) is 2.83. The molecule has 2 heteroatoms. The second-order valence-electron chi connectivity index (χ2n) is 4.01. The first-order valence-corrected chi connectivity index (χ1v) is 6.38. The smallest absolute Gasteiger partial charge is 0.0162 e. The fourth-order valence-corrected chi connectivity index (χ4v) is 2.68. The average molecular weight is 301 g/mol. The maximum Gasteiger partial charge on any atom is 0.0162 e. The van der Waals surface area contributed by atoms with E-state index in [1.165, 1.54) is 41.5 Å². The van der Waals surface area contributed by atoms with Gasteiger partial charge in [-0.25, -0.2) is 0 Å². The fourth-order valence-electron chi connectivity index (χ4n) is 2.07. The van der Waals surface area contributed by atoms with E-state index >= 15 is 0 Å². The van der Waals surface area contributed by atoms with E-state index in [-0.39, 0.29) is 0 Å². The lowest BCUT2D eigenvalue weighted by Crippen LogP contribution is -2.30. The molecule has 1 fully saturated rings. The molecule has 1 aliphatic rings. The zero-order valence-corrected chi connectivity index (χ0v) is 10.5. The van der Waals surface area contributed by atoms with Crippen LogP contribution in [-0.4, -0.2) is 13.1 Å². The topological polar surface area (TPSA) is 12.0 Å². The van der Waals surface area contributed by atoms with Gasteiger partial charge in [-0.1, -0.05) is 18.2 Å². The summed E-state index contributed by atoms with van der Waals surface area (Å²) in [5, 5.41) is 3.47. The molecular formula is C12H16IN. The molecule has 0 saturated carbocycles. The van der Waals surface area contributed by atoms with Gasteiger partial charge < -0.3 is 5.32 Å². The van der Waals surface area contributed by atoms with Crippen LogP contribution in [0.5, 0.6) is 0 Å². The van der Waals surface area contributed by atoms with Gasteiger partial charge in [0.1, 0.15) is 0 Å². The monoisotopic (exact) mass is 301 g/mol. The molecule has 1 N–H and O–H groups in total. The minimum Gasteiger partial charge on any atom is -0.316 e. The van der Waals surface area contributed by atoms with E-state index in [0.717, 1.165) is 5.92 Å². The standard InChI is InChI=1S/C12H16IN/c13-12-6-2-1-5-11(12)8-10-4-3-7-14-9-10/h1-2,5-6,10,14H,3-4,7-9H2/t10-/m1/s1. The average Bonchev–Trinajstić information content (AvgIpc) is 2.23. The van der Waals surface area contributed by atoms with Gasteiger partial charge in [0.15, 0.2) is 0 Å². The van der Waals surface area contributed by atoms with E-state index in [2.05, 4.69) is 52.2 Å². The van der Waals surface area contributed by atoms with Crippen molar-refractivity contribution in [2.75, 3.05) is 13.1 Å². The first kappa shape index (κ1) is 10.4. The van der Waals surface area contributed by atoms with Gasteiger partial charge in [-0.2, -0.15) is 0 Å². The van der Waals surface area contributed by atoms with Crippen LogP contribution in [0.4, 0.5) is 0 Å². The molecule has 76 valence electrons. The van der Waals surface area contributed by atoms with Crippen LogP contribution in [0, 0.1) is 9.49 Å². The van der Waals surface area contributed by atoms with E-state index in [9.17, 15) is 0 Å². The Morgan fingerprint density at radius 1 is 1.36 bits per heavy atom. The van der Waals surface area contributed by atoms with Crippen molar-refractivity contribution in [3.8, 4) is 0 Å². The number of piperidine rings is 1. The summed E-state index contributed by atoms with van der Waals surface area (Å²) in [6.45, 7) is 2.41. The molecule has 0 amide bonds. The second kappa shape index (κ2) is 5.12. The summed E-state index contributed by atoms with van der Waals surface area (Å²) < 4.78 is 1.41. The molecule has 14 heavy (non-hydrogen) atoms. The minimum atomic E-state index is 0.847. The van der Waals surface area contributed by atoms with Gasteiger partial charge in [0.2, 0.25) is 0 Å². The zero-order chi connectivity index (χ0) is 9.80. The molecule has 1 aromatic rings. The molecule has 1 nitrogen and oxygen atoms in total. The number of rotatable bonds is 2. The van der Waals surface area contributed by atoms with Crippen molar-refractivity contribution in [1.29, 1.82) is 0 Å². The molecule has 0 aromatic heterocycles. The van der Waals surface area contributed by atoms with Crippen LogP contribution >= 0.6 is 22.6 Å². The predicted molar refractivity (Wildman–Crippen MR) is 68.5 cm³/mol. The fraction of sp³-hybridized carbons (Fsp3) is 0.500. The Kier molecular flexibility index (Phi) is 3.81. The van der Waals surface area contributed by atoms with Crippen molar-refractivity contribution in [3.63, 3.8) is 0 Å². The summed E-state index contributed by atoms with van der Waals surface area (Å²) >= 11 is 2.44. The largest absolute Gasteiger partial charge is 0.316 e. The third-order valence-corrected chi connectivity index (χ3v) is 3.92. The lowest BCUT2D eigenvalue weighted by atomic mass is 9.92. The molecule has 1 saturated heterocycles. The molecule has 0 aliphatic carbocycles. The van der Waals surface area contributed by atoms with Gasteiger partial charge in [0.05, 0.1) is 0 Å². The molecule has 1 aromatic carbocycles. The highest BCUT2D eigenvalue weighted by Crippen LogP contribution is 2.20. The van der Waals surface area contributed by atoms with E-state index in [0.29, 0.717) is 0 Å². The van der Waals surface area contributed by atoms with Crippen LogP contribution in [-0.2, 0) is 6.42 Å².